The van der Waals surface area contributed by atoms with Crippen LogP contribution in [0.4, 0.5) is 13.2 Å². The molecule has 0 amide bonds. The molecule has 0 fully saturated rings. The normalized spacial score (nSPS) is 12.2. The second kappa shape index (κ2) is 7.69. The van der Waals surface area contributed by atoms with Gasteiger partial charge in [0.15, 0.2) is 0 Å². The molecule has 0 nitrogen and oxygen atoms in total. The number of halogens is 5. The first-order chi connectivity index (χ1) is 10.5. The second-order valence-corrected chi connectivity index (χ2v) is 7.44. The molecule has 0 aromatic heterocycles. The predicted octanol–water partition coefficient (Wildman–Crippen LogP) is 6.11. The molecule has 0 bridgehead atoms. The van der Waals surface area contributed by atoms with Gasteiger partial charge in [-0.3, -0.25) is 0 Å². The van der Waals surface area contributed by atoms with Crippen LogP contribution in [0.25, 0.3) is 17.2 Å². The first-order valence-corrected chi connectivity index (χ1v) is 10.7. The Hall–Kier alpha value is -0.736. The van der Waals surface area contributed by atoms with E-state index in [9.17, 15) is 13.2 Å². The number of fused-ring (bicyclic) bond motifs is 1. The molecule has 1 aliphatic carbocycles. The fraction of sp³-hybridized carbons (Fsp3) is 0.125. The van der Waals surface area contributed by atoms with Crippen molar-refractivity contribution in [2.45, 2.75) is 13.3 Å². The van der Waals surface area contributed by atoms with Crippen molar-refractivity contribution in [2.24, 2.45) is 0 Å². The average Bonchev–Trinajstić information content (AvgIpc) is 2.79. The van der Waals surface area contributed by atoms with Crippen LogP contribution in [0.2, 0.25) is 0 Å². The van der Waals surface area contributed by atoms with Crippen LogP contribution in [0.5, 0.6) is 0 Å². The summed E-state index contributed by atoms with van der Waals surface area (Å²) < 4.78 is 40.7. The maximum atomic E-state index is 13.9. The van der Waals surface area contributed by atoms with E-state index >= 15 is 0 Å². The molecule has 0 N–H and O–H groups in total. The molecule has 0 spiro atoms. The SMILES string of the molecule is CC1=Cc2c(cccc2-c2c(F)cc(F)cc2F)C1.[Cl][Ti][Cl]. The summed E-state index contributed by atoms with van der Waals surface area (Å²) >= 11 is -0.556. The zero-order valence-corrected chi connectivity index (χ0v) is 14.6. The van der Waals surface area contributed by atoms with Crippen molar-refractivity contribution < 1.29 is 30.2 Å². The van der Waals surface area contributed by atoms with E-state index in [1.165, 1.54) is 0 Å². The number of benzene rings is 2. The quantitative estimate of drug-likeness (QED) is 0.525. The van der Waals surface area contributed by atoms with E-state index in [1.807, 2.05) is 19.1 Å². The summed E-state index contributed by atoms with van der Waals surface area (Å²) in [4.78, 5) is 0. The topological polar surface area (TPSA) is 0 Å². The molecular formula is C16H11Cl2F3Ti. The molecule has 2 aromatic rings. The minimum atomic E-state index is -0.905. The molecule has 0 unspecified atom stereocenters. The third-order valence-corrected chi connectivity index (χ3v) is 3.33. The van der Waals surface area contributed by atoms with E-state index in [1.54, 1.807) is 12.1 Å². The molecule has 0 radical (unpaired) electrons. The van der Waals surface area contributed by atoms with Crippen molar-refractivity contribution in [2.75, 3.05) is 0 Å². The summed E-state index contributed by atoms with van der Waals surface area (Å²) in [6.45, 7) is 1.97. The van der Waals surface area contributed by atoms with Crippen molar-refractivity contribution in [3.63, 3.8) is 0 Å². The molecule has 3 rings (SSSR count). The van der Waals surface area contributed by atoms with Gasteiger partial charge in [0.25, 0.3) is 0 Å². The molecule has 0 saturated heterocycles. The van der Waals surface area contributed by atoms with Crippen LogP contribution in [0.1, 0.15) is 18.1 Å². The molecule has 114 valence electrons. The minimum absolute atomic E-state index is 0.163. The van der Waals surface area contributed by atoms with E-state index in [0.29, 0.717) is 17.7 Å². The van der Waals surface area contributed by atoms with Gasteiger partial charge < -0.3 is 0 Å². The van der Waals surface area contributed by atoms with Gasteiger partial charge in [0.05, 0.1) is 5.56 Å². The molecule has 1 aliphatic rings. The Kier molecular flexibility index (Phi) is 6.16. The van der Waals surface area contributed by atoms with Crippen molar-refractivity contribution in [3.05, 3.63) is 64.5 Å². The number of hydrogen-bond acceptors (Lipinski definition) is 0. The molecule has 0 atom stereocenters. The number of hydrogen-bond donors (Lipinski definition) is 0. The Balaban J connectivity index is 0.000000545. The predicted molar refractivity (Wildman–Crippen MR) is 80.8 cm³/mol. The Bertz CT molecular complexity index is 706. The summed E-state index contributed by atoms with van der Waals surface area (Å²) in [5.74, 6) is -2.65. The number of rotatable bonds is 1. The van der Waals surface area contributed by atoms with Crippen LogP contribution in [-0.2, 0) is 23.5 Å². The molecule has 2 aromatic carbocycles. The summed E-state index contributed by atoms with van der Waals surface area (Å²) in [6.07, 6.45) is 2.71. The zero-order valence-electron chi connectivity index (χ0n) is 11.6. The van der Waals surface area contributed by atoms with Gasteiger partial charge >= 0.3 is 35.6 Å². The van der Waals surface area contributed by atoms with Crippen molar-refractivity contribution in [1.29, 1.82) is 0 Å². The van der Waals surface area contributed by atoms with Crippen molar-refractivity contribution >= 4 is 24.7 Å². The van der Waals surface area contributed by atoms with Crippen LogP contribution in [0, 0.1) is 17.5 Å². The van der Waals surface area contributed by atoms with E-state index < -0.39 is 34.5 Å². The van der Waals surface area contributed by atoms with E-state index in [2.05, 4.69) is 0 Å². The fourth-order valence-electron chi connectivity index (χ4n) is 2.55. The third kappa shape index (κ3) is 3.77. The summed E-state index contributed by atoms with van der Waals surface area (Å²) in [6, 6.07) is 6.79. The maximum absolute atomic E-state index is 13.9. The molecule has 0 aliphatic heterocycles. The van der Waals surface area contributed by atoms with Gasteiger partial charge in [-0.15, -0.1) is 0 Å². The third-order valence-electron chi connectivity index (χ3n) is 3.33. The fourth-order valence-corrected chi connectivity index (χ4v) is 2.55. The Morgan fingerprint density at radius 2 is 1.64 bits per heavy atom. The van der Waals surface area contributed by atoms with E-state index in [4.69, 9.17) is 18.6 Å². The van der Waals surface area contributed by atoms with Crippen LogP contribution in [0.3, 0.4) is 0 Å². The van der Waals surface area contributed by atoms with Gasteiger partial charge in [0.1, 0.15) is 17.5 Å². The average molecular weight is 379 g/mol. The summed E-state index contributed by atoms with van der Waals surface area (Å²) in [5.41, 5.74) is 3.32. The molecule has 22 heavy (non-hydrogen) atoms. The Morgan fingerprint density at radius 3 is 2.23 bits per heavy atom. The first kappa shape index (κ1) is 17.6. The van der Waals surface area contributed by atoms with E-state index in [-0.39, 0.29) is 5.56 Å². The molecule has 0 saturated carbocycles. The Morgan fingerprint density at radius 1 is 1.05 bits per heavy atom. The molecule has 0 heterocycles. The summed E-state index contributed by atoms with van der Waals surface area (Å²) in [5, 5.41) is 0. The Labute approximate surface area is 143 Å². The van der Waals surface area contributed by atoms with Crippen molar-refractivity contribution in [3.8, 4) is 11.1 Å². The van der Waals surface area contributed by atoms with E-state index in [0.717, 1.165) is 23.1 Å². The zero-order chi connectivity index (χ0) is 16.3. The van der Waals surface area contributed by atoms with Crippen LogP contribution in [-0.4, -0.2) is 0 Å². The second-order valence-electron chi connectivity index (χ2n) is 4.86. The van der Waals surface area contributed by atoms with Gasteiger partial charge in [-0.2, -0.15) is 0 Å². The molecular weight excluding hydrogens is 368 g/mol. The van der Waals surface area contributed by atoms with Gasteiger partial charge in [-0.05, 0) is 30.0 Å². The standard InChI is InChI=1S/C16H11F3.2ClH.Ti/c1-9-5-10-3-2-4-12(13(10)6-9)16-14(18)7-11(17)8-15(16)19;;;/h2-4,6-8H,5H2,1H3;2*1H;/q;;;+2/p-2. The van der Waals surface area contributed by atoms with Crippen molar-refractivity contribution in [1.82, 2.24) is 0 Å². The van der Waals surface area contributed by atoms with Crippen LogP contribution in [0.15, 0.2) is 35.9 Å². The summed E-state index contributed by atoms with van der Waals surface area (Å²) in [7, 11) is 9.78. The van der Waals surface area contributed by atoms with Gasteiger partial charge in [-0.25, -0.2) is 13.2 Å². The first-order valence-electron chi connectivity index (χ1n) is 6.38. The van der Waals surface area contributed by atoms with Crippen LogP contribution < -0.4 is 0 Å². The van der Waals surface area contributed by atoms with Gasteiger partial charge in [0.2, 0.25) is 0 Å². The van der Waals surface area contributed by atoms with Gasteiger partial charge in [-0.1, -0.05) is 29.8 Å². The molecule has 6 heteroatoms. The monoisotopic (exact) mass is 378 g/mol. The van der Waals surface area contributed by atoms with Gasteiger partial charge in [0, 0.05) is 12.1 Å². The van der Waals surface area contributed by atoms with Crippen LogP contribution >= 0.6 is 18.6 Å². The number of allylic oxidation sites excluding steroid dienone is 1.